The minimum atomic E-state index is -3.01. The number of benzene rings is 2. The zero-order valence-corrected chi connectivity index (χ0v) is 14.9. The van der Waals surface area contributed by atoms with Crippen molar-refractivity contribution in [2.75, 3.05) is 25.2 Å². The number of hydrogen-bond acceptors (Lipinski definition) is 4. The van der Waals surface area contributed by atoms with E-state index in [9.17, 15) is 13.2 Å². The molecule has 0 saturated carbocycles. The fraction of sp³-hybridized carbons (Fsp3) is 0.316. The predicted octanol–water partition coefficient (Wildman–Crippen LogP) is 2.38. The van der Waals surface area contributed by atoms with E-state index in [-0.39, 0.29) is 30.1 Å². The molecule has 1 atom stereocenters. The maximum atomic E-state index is 12.2. The van der Waals surface area contributed by atoms with Gasteiger partial charge in [0.15, 0.2) is 16.4 Å². The van der Waals surface area contributed by atoms with Crippen molar-refractivity contribution in [1.29, 1.82) is 0 Å². The summed E-state index contributed by atoms with van der Waals surface area (Å²) in [4.78, 5) is 13.7. The molecule has 0 radical (unpaired) electrons. The molecule has 0 unspecified atom stereocenters. The van der Waals surface area contributed by atoms with Crippen LogP contribution in [-0.2, 0) is 14.6 Å². The van der Waals surface area contributed by atoms with Gasteiger partial charge in [-0.2, -0.15) is 0 Å². The second-order valence-electron chi connectivity index (χ2n) is 6.24. The first-order chi connectivity index (χ1) is 11.9. The Hall–Kier alpha value is -2.34. The lowest BCUT2D eigenvalue weighted by Crippen LogP contribution is -2.40. The second-order valence-corrected chi connectivity index (χ2v) is 8.47. The van der Waals surface area contributed by atoms with Crippen molar-refractivity contribution >= 4 is 15.7 Å². The Morgan fingerprint density at radius 1 is 1.08 bits per heavy atom. The summed E-state index contributed by atoms with van der Waals surface area (Å²) in [7, 11) is -1.37. The second kappa shape index (κ2) is 7.27. The number of likely N-dealkylation sites (N-methyl/N-ethyl adjacent to an activating group) is 1. The molecule has 1 aliphatic rings. The third-order valence-corrected chi connectivity index (χ3v) is 6.22. The van der Waals surface area contributed by atoms with Gasteiger partial charge in [0, 0.05) is 13.1 Å². The summed E-state index contributed by atoms with van der Waals surface area (Å²) < 4.78 is 28.6. The van der Waals surface area contributed by atoms with Crippen LogP contribution in [0, 0.1) is 0 Å². The molecular formula is C19H21NO4S. The van der Waals surface area contributed by atoms with E-state index in [0.717, 1.165) is 11.1 Å². The van der Waals surface area contributed by atoms with E-state index in [2.05, 4.69) is 0 Å². The van der Waals surface area contributed by atoms with Gasteiger partial charge < -0.3 is 9.64 Å². The maximum Gasteiger partial charge on any atom is 0.260 e. The molecule has 1 saturated heterocycles. The molecule has 132 valence electrons. The van der Waals surface area contributed by atoms with E-state index in [1.807, 2.05) is 54.6 Å². The number of ether oxygens (including phenoxy) is 1. The number of sulfone groups is 1. The number of carbonyl (C=O) groups is 1. The molecule has 0 N–H and O–H groups in total. The highest BCUT2D eigenvalue weighted by molar-refractivity contribution is 7.91. The molecule has 2 aromatic carbocycles. The third kappa shape index (κ3) is 4.39. The van der Waals surface area contributed by atoms with Crippen LogP contribution in [0.2, 0.25) is 0 Å². The van der Waals surface area contributed by atoms with Gasteiger partial charge in [0.05, 0.1) is 11.5 Å². The van der Waals surface area contributed by atoms with Gasteiger partial charge in [0.25, 0.3) is 5.91 Å². The van der Waals surface area contributed by atoms with E-state index in [0.29, 0.717) is 12.2 Å². The maximum absolute atomic E-state index is 12.2. The van der Waals surface area contributed by atoms with Gasteiger partial charge in [0.2, 0.25) is 0 Å². The molecule has 1 heterocycles. The van der Waals surface area contributed by atoms with E-state index in [1.54, 1.807) is 7.05 Å². The minimum Gasteiger partial charge on any atom is -0.484 e. The van der Waals surface area contributed by atoms with Gasteiger partial charge in [-0.25, -0.2) is 8.42 Å². The molecule has 3 rings (SSSR count). The van der Waals surface area contributed by atoms with E-state index < -0.39 is 9.84 Å². The number of hydrogen-bond donors (Lipinski definition) is 0. The molecule has 0 aliphatic carbocycles. The van der Waals surface area contributed by atoms with Crippen LogP contribution in [0.5, 0.6) is 5.75 Å². The van der Waals surface area contributed by atoms with Crippen LogP contribution >= 0.6 is 0 Å². The number of carbonyl (C=O) groups excluding carboxylic acids is 1. The Balaban J connectivity index is 1.55. The molecular weight excluding hydrogens is 338 g/mol. The normalized spacial score (nSPS) is 18.7. The van der Waals surface area contributed by atoms with Gasteiger partial charge in [0.1, 0.15) is 5.75 Å². The molecule has 1 amide bonds. The molecule has 1 aliphatic heterocycles. The van der Waals surface area contributed by atoms with Crippen LogP contribution in [0.15, 0.2) is 54.6 Å². The van der Waals surface area contributed by atoms with Gasteiger partial charge in [-0.05, 0) is 29.7 Å². The van der Waals surface area contributed by atoms with Crippen LogP contribution in [-0.4, -0.2) is 50.4 Å². The number of rotatable bonds is 5. The van der Waals surface area contributed by atoms with Crippen molar-refractivity contribution in [3.63, 3.8) is 0 Å². The minimum absolute atomic E-state index is 0.0427. The average Bonchev–Trinajstić information content (AvgIpc) is 3.00. The lowest BCUT2D eigenvalue weighted by molar-refractivity contribution is -0.133. The highest BCUT2D eigenvalue weighted by atomic mass is 32.2. The topological polar surface area (TPSA) is 63.7 Å². The van der Waals surface area contributed by atoms with E-state index in [1.165, 1.54) is 4.90 Å². The molecule has 25 heavy (non-hydrogen) atoms. The molecule has 0 bridgehead atoms. The Labute approximate surface area is 148 Å². The fourth-order valence-electron chi connectivity index (χ4n) is 2.91. The van der Waals surface area contributed by atoms with E-state index in [4.69, 9.17) is 4.74 Å². The van der Waals surface area contributed by atoms with Crippen LogP contribution in [0.25, 0.3) is 11.1 Å². The van der Waals surface area contributed by atoms with Crippen molar-refractivity contribution in [2.45, 2.75) is 12.5 Å². The molecule has 6 heteroatoms. The Kier molecular flexibility index (Phi) is 5.08. The summed E-state index contributed by atoms with van der Waals surface area (Å²) in [6.07, 6.45) is 0.496. The summed E-state index contributed by atoms with van der Waals surface area (Å²) in [6, 6.07) is 17.3. The summed E-state index contributed by atoms with van der Waals surface area (Å²) in [6.45, 7) is -0.0995. The summed E-state index contributed by atoms with van der Waals surface area (Å²) in [5, 5.41) is 0. The molecule has 0 aromatic heterocycles. The van der Waals surface area contributed by atoms with Gasteiger partial charge in [-0.1, -0.05) is 42.5 Å². The van der Waals surface area contributed by atoms with E-state index >= 15 is 0 Å². The Morgan fingerprint density at radius 2 is 1.72 bits per heavy atom. The van der Waals surface area contributed by atoms with Crippen LogP contribution in [0.3, 0.4) is 0 Å². The average molecular weight is 359 g/mol. The van der Waals surface area contributed by atoms with Crippen molar-refractivity contribution in [3.05, 3.63) is 54.6 Å². The zero-order chi connectivity index (χ0) is 17.9. The molecule has 2 aromatic rings. The predicted molar refractivity (Wildman–Crippen MR) is 97.2 cm³/mol. The summed E-state index contributed by atoms with van der Waals surface area (Å²) >= 11 is 0. The SMILES string of the molecule is CN(C(=O)COc1ccc(-c2ccccc2)cc1)[C@@H]1CCS(=O)(=O)C1. The number of amides is 1. The smallest absolute Gasteiger partial charge is 0.260 e. The van der Waals surface area contributed by atoms with Crippen molar-refractivity contribution in [3.8, 4) is 16.9 Å². The van der Waals surface area contributed by atoms with Crippen molar-refractivity contribution in [2.24, 2.45) is 0 Å². The quantitative estimate of drug-likeness (QED) is 0.822. The standard InChI is InChI=1S/C19H21NO4S/c1-20(17-11-12-25(22,23)14-17)19(21)13-24-18-9-7-16(8-10-18)15-5-3-2-4-6-15/h2-10,17H,11-14H2,1H3/t17-/m1/s1. The summed E-state index contributed by atoms with van der Waals surface area (Å²) in [5.74, 6) is 0.590. The molecule has 1 fully saturated rings. The third-order valence-electron chi connectivity index (χ3n) is 4.47. The Bertz CT molecular complexity index is 831. The lowest BCUT2D eigenvalue weighted by atomic mass is 10.1. The first-order valence-corrected chi connectivity index (χ1v) is 10.0. The highest BCUT2D eigenvalue weighted by Gasteiger charge is 2.32. The van der Waals surface area contributed by atoms with Crippen LogP contribution in [0.1, 0.15) is 6.42 Å². The monoisotopic (exact) mass is 359 g/mol. The lowest BCUT2D eigenvalue weighted by Gasteiger charge is -2.23. The van der Waals surface area contributed by atoms with Crippen LogP contribution < -0.4 is 4.74 Å². The number of nitrogens with zero attached hydrogens (tertiary/aromatic N) is 1. The first kappa shape index (κ1) is 17.5. The fourth-order valence-corrected chi connectivity index (χ4v) is 4.68. The first-order valence-electron chi connectivity index (χ1n) is 8.19. The van der Waals surface area contributed by atoms with Crippen molar-refractivity contribution in [1.82, 2.24) is 4.90 Å². The van der Waals surface area contributed by atoms with Gasteiger partial charge in [-0.15, -0.1) is 0 Å². The van der Waals surface area contributed by atoms with Gasteiger partial charge in [-0.3, -0.25) is 4.79 Å². The largest absolute Gasteiger partial charge is 0.484 e. The molecule has 5 nitrogen and oxygen atoms in total. The zero-order valence-electron chi connectivity index (χ0n) is 14.1. The van der Waals surface area contributed by atoms with Crippen molar-refractivity contribution < 1.29 is 17.9 Å². The van der Waals surface area contributed by atoms with Crippen LogP contribution in [0.4, 0.5) is 0 Å². The molecule has 0 spiro atoms. The Morgan fingerprint density at radius 3 is 2.32 bits per heavy atom. The highest BCUT2D eigenvalue weighted by Crippen LogP contribution is 2.22. The summed E-state index contributed by atoms with van der Waals surface area (Å²) in [5.41, 5.74) is 2.19. The van der Waals surface area contributed by atoms with Gasteiger partial charge >= 0.3 is 0 Å².